The third kappa shape index (κ3) is 2.19. The van der Waals surface area contributed by atoms with Crippen LogP contribution in [-0.4, -0.2) is 33.7 Å². The lowest BCUT2D eigenvalue weighted by atomic mass is 10.1. The van der Waals surface area contributed by atoms with Gasteiger partial charge in [0.15, 0.2) is 0 Å². The van der Waals surface area contributed by atoms with Gasteiger partial charge in [0.05, 0.1) is 0 Å². The number of carbonyl (C=O) groups is 1. The molecular formula is C11H17N3O. The molecule has 0 bridgehead atoms. The Bertz CT molecular complexity index is 315. The summed E-state index contributed by atoms with van der Waals surface area (Å²) in [5.74, 6) is 0.193. The fourth-order valence-electron chi connectivity index (χ4n) is 2.00. The Balaban J connectivity index is 2.00. The molecule has 1 atom stereocenters. The van der Waals surface area contributed by atoms with Crippen LogP contribution in [0.3, 0.4) is 0 Å². The molecule has 4 heteroatoms. The summed E-state index contributed by atoms with van der Waals surface area (Å²) < 4.78 is 1.72. The van der Waals surface area contributed by atoms with E-state index in [1.165, 1.54) is 6.42 Å². The van der Waals surface area contributed by atoms with Crippen LogP contribution in [0.25, 0.3) is 0 Å². The van der Waals surface area contributed by atoms with Gasteiger partial charge in [-0.2, -0.15) is 5.10 Å². The summed E-state index contributed by atoms with van der Waals surface area (Å²) in [6, 6.07) is 1.68. The predicted octanol–water partition coefficient (Wildman–Crippen LogP) is 1.46. The smallest absolute Gasteiger partial charge is 0.247 e. The number of hydrogen-bond acceptors (Lipinski definition) is 2. The molecule has 0 N–H and O–H groups in total. The molecule has 0 aromatic carbocycles. The molecule has 0 radical (unpaired) electrons. The van der Waals surface area contributed by atoms with Crippen molar-refractivity contribution in [3.05, 3.63) is 18.5 Å². The van der Waals surface area contributed by atoms with E-state index in [2.05, 4.69) is 5.10 Å². The highest BCUT2D eigenvalue weighted by molar-refractivity contribution is 5.80. The number of nitrogens with zero attached hydrogens (tertiary/aromatic N) is 3. The highest BCUT2D eigenvalue weighted by Gasteiger charge is 2.23. The van der Waals surface area contributed by atoms with Gasteiger partial charge in [0.2, 0.25) is 5.91 Å². The normalized spacial score (nSPS) is 18.9. The first-order chi connectivity index (χ1) is 7.29. The second kappa shape index (κ2) is 4.47. The number of carbonyl (C=O) groups excluding carboxylic acids is 1. The van der Waals surface area contributed by atoms with Gasteiger partial charge in [0.25, 0.3) is 0 Å². The average molecular weight is 207 g/mol. The summed E-state index contributed by atoms with van der Waals surface area (Å²) in [6.45, 7) is 3.72. The molecule has 0 saturated carbocycles. The average Bonchev–Trinajstić information content (AvgIpc) is 2.82. The Morgan fingerprint density at radius 3 is 2.67 bits per heavy atom. The molecule has 4 nitrogen and oxygen atoms in total. The lowest BCUT2D eigenvalue weighted by Gasteiger charge is -2.29. The molecule has 0 aliphatic carbocycles. The molecular weight excluding hydrogens is 190 g/mol. The van der Waals surface area contributed by atoms with E-state index < -0.39 is 0 Å². The van der Waals surface area contributed by atoms with Crippen LogP contribution in [0.5, 0.6) is 0 Å². The van der Waals surface area contributed by atoms with Crippen molar-refractivity contribution in [2.45, 2.75) is 32.2 Å². The molecule has 82 valence electrons. The molecule has 0 spiro atoms. The van der Waals surface area contributed by atoms with Gasteiger partial charge in [0.1, 0.15) is 6.04 Å². The Hall–Kier alpha value is -1.32. The van der Waals surface area contributed by atoms with E-state index in [4.69, 9.17) is 0 Å². The van der Waals surface area contributed by atoms with Crippen LogP contribution in [-0.2, 0) is 4.79 Å². The molecule has 2 rings (SSSR count). The Morgan fingerprint density at radius 2 is 2.07 bits per heavy atom. The summed E-state index contributed by atoms with van der Waals surface area (Å²) in [7, 11) is 0. The summed E-state index contributed by atoms with van der Waals surface area (Å²) >= 11 is 0. The van der Waals surface area contributed by atoms with Crippen molar-refractivity contribution >= 4 is 5.91 Å². The molecule has 15 heavy (non-hydrogen) atoms. The number of piperidine rings is 1. The highest BCUT2D eigenvalue weighted by atomic mass is 16.2. The van der Waals surface area contributed by atoms with Gasteiger partial charge >= 0.3 is 0 Å². The van der Waals surface area contributed by atoms with Crippen LogP contribution >= 0.6 is 0 Å². The molecule has 1 fully saturated rings. The zero-order valence-electron chi connectivity index (χ0n) is 9.09. The minimum absolute atomic E-state index is 0.168. The topological polar surface area (TPSA) is 38.1 Å². The quantitative estimate of drug-likeness (QED) is 0.736. The van der Waals surface area contributed by atoms with E-state index >= 15 is 0 Å². The molecule has 1 aromatic heterocycles. The van der Waals surface area contributed by atoms with Crippen molar-refractivity contribution in [1.29, 1.82) is 0 Å². The number of likely N-dealkylation sites (tertiary alicyclic amines) is 1. The van der Waals surface area contributed by atoms with Crippen molar-refractivity contribution in [1.82, 2.24) is 14.7 Å². The van der Waals surface area contributed by atoms with E-state index in [1.54, 1.807) is 10.9 Å². The number of rotatable bonds is 2. The SMILES string of the molecule is CC(C(=O)N1CCCCC1)n1cccn1. The van der Waals surface area contributed by atoms with E-state index in [-0.39, 0.29) is 11.9 Å². The molecule has 1 aromatic rings. The zero-order chi connectivity index (χ0) is 10.7. The summed E-state index contributed by atoms with van der Waals surface area (Å²) in [6.07, 6.45) is 7.07. The molecule has 1 aliphatic heterocycles. The largest absolute Gasteiger partial charge is 0.341 e. The molecule has 1 unspecified atom stereocenters. The third-order valence-electron chi connectivity index (χ3n) is 2.95. The maximum atomic E-state index is 12.1. The van der Waals surface area contributed by atoms with Crippen LogP contribution in [0, 0.1) is 0 Å². The predicted molar refractivity (Wildman–Crippen MR) is 57.4 cm³/mol. The summed E-state index contributed by atoms with van der Waals surface area (Å²) in [5.41, 5.74) is 0. The van der Waals surface area contributed by atoms with Gasteiger partial charge in [-0.15, -0.1) is 0 Å². The maximum Gasteiger partial charge on any atom is 0.247 e. The number of hydrogen-bond donors (Lipinski definition) is 0. The summed E-state index contributed by atoms with van der Waals surface area (Å²) in [4.78, 5) is 14.0. The summed E-state index contributed by atoms with van der Waals surface area (Å²) in [5, 5.41) is 4.10. The highest BCUT2D eigenvalue weighted by Crippen LogP contribution is 2.14. The van der Waals surface area contributed by atoms with Crippen LogP contribution in [0.4, 0.5) is 0 Å². The van der Waals surface area contributed by atoms with Crippen LogP contribution in [0.15, 0.2) is 18.5 Å². The zero-order valence-corrected chi connectivity index (χ0v) is 9.09. The molecule has 2 heterocycles. The van der Waals surface area contributed by atoms with Crippen molar-refractivity contribution in [2.75, 3.05) is 13.1 Å². The number of aromatic nitrogens is 2. The second-order valence-corrected chi connectivity index (χ2v) is 4.05. The molecule has 1 saturated heterocycles. The van der Waals surface area contributed by atoms with Crippen molar-refractivity contribution < 1.29 is 4.79 Å². The molecule has 1 amide bonds. The monoisotopic (exact) mass is 207 g/mol. The van der Waals surface area contributed by atoms with Gasteiger partial charge < -0.3 is 4.90 Å². The van der Waals surface area contributed by atoms with E-state index in [0.29, 0.717) is 0 Å². The Labute approximate surface area is 89.9 Å². The minimum Gasteiger partial charge on any atom is -0.341 e. The maximum absolute atomic E-state index is 12.1. The van der Waals surface area contributed by atoms with Crippen molar-refractivity contribution in [2.24, 2.45) is 0 Å². The lowest BCUT2D eigenvalue weighted by Crippen LogP contribution is -2.39. The van der Waals surface area contributed by atoms with Gasteiger partial charge in [-0.1, -0.05) is 0 Å². The van der Waals surface area contributed by atoms with Crippen LogP contribution < -0.4 is 0 Å². The lowest BCUT2D eigenvalue weighted by molar-refractivity contribution is -0.135. The Kier molecular flexibility index (Phi) is 3.04. The first kappa shape index (κ1) is 10.2. The first-order valence-corrected chi connectivity index (χ1v) is 5.57. The molecule has 1 aliphatic rings. The Morgan fingerprint density at radius 1 is 1.33 bits per heavy atom. The van der Waals surface area contributed by atoms with Crippen molar-refractivity contribution in [3.8, 4) is 0 Å². The standard InChI is InChI=1S/C11H17N3O/c1-10(14-9-5-6-12-14)11(15)13-7-3-2-4-8-13/h5-6,9-10H,2-4,7-8H2,1H3. The second-order valence-electron chi connectivity index (χ2n) is 4.05. The van der Waals surface area contributed by atoms with Gasteiger partial charge in [-0.25, -0.2) is 0 Å². The fourth-order valence-corrected chi connectivity index (χ4v) is 2.00. The van der Waals surface area contributed by atoms with Gasteiger partial charge in [0, 0.05) is 25.5 Å². The van der Waals surface area contributed by atoms with Gasteiger partial charge in [-0.05, 0) is 32.3 Å². The van der Waals surface area contributed by atoms with Gasteiger partial charge in [-0.3, -0.25) is 9.48 Å². The van der Waals surface area contributed by atoms with E-state index in [9.17, 15) is 4.79 Å². The van der Waals surface area contributed by atoms with E-state index in [1.807, 2.05) is 24.1 Å². The number of amides is 1. The minimum atomic E-state index is -0.168. The van der Waals surface area contributed by atoms with Crippen molar-refractivity contribution in [3.63, 3.8) is 0 Å². The fraction of sp³-hybridized carbons (Fsp3) is 0.636. The van der Waals surface area contributed by atoms with Crippen LogP contribution in [0.1, 0.15) is 32.2 Å². The third-order valence-corrected chi connectivity index (χ3v) is 2.95. The van der Waals surface area contributed by atoms with E-state index in [0.717, 1.165) is 25.9 Å². The van der Waals surface area contributed by atoms with Crippen LogP contribution in [0.2, 0.25) is 0 Å². The first-order valence-electron chi connectivity index (χ1n) is 5.57.